The van der Waals surface area contributed by atoms with E-state index in [9.17, 15) is 10.1 Å². The van der Waals surface area contributed by atoms with E-state index in [1.807, 2.05) is 6.07 Å². The predicted octanol–water partition coefficient (Wildman–Crippen LogP) is 6.30. The van der Waals surface area contributed by atoms with Gasteiger partial charge >= 0.3 is 12.1 Å². The molecule has 1 amide bonds. The van der Waals surface area contributed by atoms with Crippen LogP contribution in [0.3, 0.4) is 0 Å². The molecule has 3 aromatic heterocycles. The Morgan fingerprint density at radius 3 is 2.66 bits per heavy atom. The largest absolute Gasteiger partial charge is 0.463 e. The highest BCUT2D eigenvalue weighted by atomic mass is 32.1. The van der Waals surface area contributed by atoms with Gasteiger partial charge in [0.15, 0.2) is 11.6 Å². The zero-order chi connectivity index (χ0) is 30.8. The van der Waals surface area contributed by atoms with Crippen LogP contribution >= 0.6 is 11.3 Å². The Labute approximate surface area is 256 Å². The van der Waals surface area contributed by atoms with E-state index in [1.54, 1.807) is 27.0 Å². The minimum absolute atomic E-state index is 0.0296. The standard InChI is InChI=1S/C31H30F2N6O4S/c1-30(2,3)43-29(40)38-27-16(9-34)22-25(35-11-20(32)26(22)44-27)21-19-13-41-12-18(19)17-10-36-28(37-24(17)23(21)33)42-15-31(5-6-31)14-39-7-4-8-39/h10-11H,4-8,12-15H2,1-3H3,(H,38,40). The van der Waals surface area contributed by atoms with Crippen molar-refractivity contribution in [2.45, 2.75) is 58.8 Å². The van der Waals surface area contributed by atoms with Crippen molar-refractivity contribution < 1.29 is 27.8 Å². The fourth-order valence-electron chi connectivity index (χ4n) is 5.82. The van der Waals surface area contributed by atoms with Gasteiger partial charge in [0.05, 0.1) is 42.0 Å². The summed E-state index contributed by atoms with van der Waals surface area (Å²) in [7, 11) is 0. The molecule has 7 rings (SSSR count). The van der Waals surface area contributed by atoms with Crippen molar-refractivity contribution in [3.05, 3.63) is 40.7 Å². The van der Waals surface area contributed by atoms with Gasteiger partial charge in [-0.25, -0.2) is 18.6 Å². The van der Waals surface area contributed by atoms with Gasteiger partial charge in [-0.1, -0.05) is 0 Å². The molecule has 228 valence electrons. The number of benzene rings is 1. The Kier molecular flexibility index (Phi) is 6.91. The molecule has 1 saturated heterocycles. The van der Waals surface area contributed by atoms with Gasteiger partial charge in [-0.3, -0.25) is 10.3 Å². The number of halogens is 2. The number of anilines is 1. The van der Waals surface area contributed by atoms with Gasteiger partial charge in [0.2, 0.25) is 0 Å². The van der Waals surface area contributed by atoms with Crippen molar-refractivity contribution in [1.29, 1.82) is 5.26 Å². The number of carbonyl (C=O) groups excluding carboxylic acids is 1. The van der Waals surface area contributed by atoms with Gasteiger partial charge in [0.25, 0.3) is 0 Å². The second-order valence-corrected chi connectivity index (χ2v) is 13.7. The van der Waals surface area contributed by atoms with Crippen molar-refractivity contribution in [2.75, 3.05) is 31.6 Å². The lowest BCUT2D eigenvalue weighted by molar-refractivity contribution is 0.0636. The zero-order valence-electron chi connectivity index (χ0n) is 24.6. The quantitative estimate of drug-likeness (QED) is 0.254. The Bertz CT molecular complexity index is 1870. The SMILES string of the molecule is CC(C)(C)OC(=O)Nc1sc2c(F)cnc(-c3c4c(c5cnc(OCC6(CN7CCC7)CC6)nc5c3F)COC4)c2c1C#N. The first-order chi connectivity index (χ1) is 21.1. The fraction of sp³-hybridized carbons (Fsp3) is 0.452. The highest BCUT2D eigenvalue weighted by molar-refractivity contribution is 7.23. The Morgan fingerprint density at radius 2 is 1.98 bits per heavy atom. The molecule has 5 heterocycles. The maximum atomic E-state index is 16.7. The molecule has 4 aromatic rings. The van der Waals surface area contributed by atoms with Crippen LogP contribution in [0.25, 0.3) is 32.2 Å². The molecule has 13 heteroatoms. The molecule has 0 radical (unpaired) electrons. The third-order valence-corrected chi connectivity index (χ3v) is 9.40. The van der Waals surface area contributed by atoms with Crippen LogP contribution in [-0.2, 0) is 22.7 Å². The number of pyridine rings is 1. The summed E-state index contributed by atoms with van der Waals surface area (Å²) >= 11 is 0.856. The first-order valence-electron chi connectivity index (χ1n) is 14.5. The molecular weight excluding hydrogens is 590 g/mol. The average molecular weight is 621 g/mol. The Morgan fingerprint density at radius 1 is 1.20 bits per heavy atom. The number of carbonyl (C=O) groups is 1. The van der Waals surface area contributed by atoms with E-state index in [0.717, 1.165) is 50.0 Å². The van der Waals surface area contributed by atoms with E-state index in [2.05, 4.69) is 25.2 Å². The summed E-state index contributed by atoms with van der Waals surface area (Å²) in [6.07, 6.45) is 5.09. The molecule has 0 atom stereocenters. The maximum Gasteiger partial charge on any atom is 0.412 e. The lowest BCUT2D eigenvalue weighted by atomic mass is 9.94. The monoisotopic (exact) mass is 620 g/mol. The van der Waals surface area contributed by atoms with Crippen LogP contribution in [0.15, 0.2) is 12.4 Å². The molecular formula is C31H30F2N6O4S. The molecule has 1 aliphatic carbocycles. The van der Waals surface area contributed by atoms with E-state index in [1.165, 1.54) is 6.42 Å². The summed E-state index contributed by atoms with van der Waals surface area (Å²) in [5, 5.41) is 13.3. The number of thiophene rings is 1. The van der Waals surface area contributed by atoms with Gasteiger partial charge in [0, 0.05) is 34.5 Å². The summed E-state index contributed by atoms with van der Waals surface area (Å²) in [6, 6.07) is 2.12. The second kappa shape index (κ2) is 10.6. The van der Waals surface area contributed by atoms with Crippen molar-refractivity contribution >= 4 is 43.4 Å². The molecule has 1 saturated carbocycles. The van der Waals surface area contributed by atoms with Crippen molar-refractivity contribution in [3.63, 3.8) is 0 Å². The smallest absolute Gasteiger partial charge is 0.412 e. The molecule has 1 N–H and O–H groups in total. The zero-order valence-corrected chi connectivity index (χ0v) is 25.4. The highest BCUT2D eigenvalue weighted by Gasteiger charge is 2.45. The lowest BCUT2D eigenvalue weighted by Gasteiger charge is -2.34. The Balaban J connectivity index is 1.31. The number of hydrogen-bond donors (Lipinski definition) is 1. The number of nitrogens with one attached hydrogen (secondary N) is 1. The molecule has 3 aliphatic rings. The van der Waals surface area contributed by atoms with Crippen LogP contribution in [-0.4, -0.2) is 57.8 Å². The summed E-state index contributed by atoms with van der Waals surface area (Å²) in [5.74, 6) is -1.41. The van der Waals surface area contributed by atoms with Gasteiger partial charge < -0.3 is 19.1 Å². The second-order valence-electron chi connectivity index (χ2n) is 12.7. The summed E-state index contributed by atoms with van der Waals surface area (Å²) < 4.78 is 48.9. The van der Waals surface area contributed by atoms with E-state index in [0.29, 0.717) is 23.1 Å². The lowest BCUT2D eigenvalue weighted by Crippen LogP contribution is -2.42. The normalized spacial score (nSPS) is 17.3. The van der Waals surface area contributed by atoms with Gasteiger partial charge in [0.1, 0.15) is 22.2 Å². The first kappa shape index (κ1) is 28.8. The van der Waals surface area contributed by atoms with Gasteiger partial charge in [-0.2, -0.15) is 10.2 Å². The number of ether oxygens (including phenoxy) is 3. The maximum absolute atomic E-state index is 16.7. The molecule has 0 spiro atoms. The molecule has 2 fully saturated rings. The number of rotatable bonds is 7. The van der Waals surface area contributed by atoms with Crippen LogP contribution < -0.4 is 10.1 Å². The number of amides is 1. The van der Waals surface area contributed by atoms with E-state index >= 15 is 8.78 Å². The third-order valence-electron chi connectivity index (χ3n) is 8.28. The molecule has 2 aliphatic heterocycles. The average Bonchev–Trinajstić information content (AvgIpc) is 3.36. The minimum atomic E-state index is -0.802. The van der Waals surface area contributed by atoms with Crippen LogP contribution in [0.5, 0.6) is 6.01 Å². The fourth-order valence-corrected chi connectivity index (χ4v) is 6.86. The van der Waals surface area contributed by atoms with Crippen LogP contribution in [0, 0.1) is 28.4 Å². The molecule has 0 unspecified atom stereocenters. The van der Waals surface area contributed by atoms with E-state index in [-0.39, 0.29) is 62.1 Å². The van der Waals surface area contributed by atoms with Crippen LogP contribution in [0.1, 0.15) is 56.7 Å². The number of likely N-dealkylation sites (tertiary alicyclic amines) is 1. The molecule has 0 bridgehead atoms. The Hall–Kier alpha value is -3.99. The van der Waals surface area contributed by atoms with Gasteiger partial charge in [-0.15, -0.1) is 11.3 Å². The number of nitrogens with zero attached hydrogens (tertiary/aromatic N) is 5. The van der Waals surface area contributed by atoms with Crippen molar-refractivity contribution in [1.82, 2.24) is 19.9 Å². The molecule has 44 heavy (non-hydrogen) atoms. The highest BCUT2D eigenvalue weighted by Crippen LogP contribution is 2.48. The van der Waals surface area contributed by atoms with E-state index in [4.69, 9.17) is 14.2 Å². The van der Waals surface area contributed by atoms with Crippen molar-refractivity contribution in [3.8, 4) is 23.3 Å². The molecule has 1 aromatic carbocycles. The minimum Gasteiger partial charge on any atom is -0.463 e. The number of aromatic nitrogens is 3. The predicted molar refractivity (Wildman–Crippen MR) is 159 cm³/mol. The van der Waals surface area contributed by atoms with Crippen LogP contribution in [0.4, 0.5) is 18.6 Å². The summed E-state index contributed by atoms with van der Waals surface area (Å²) in [5.41, 5.74) is 0.606. The van der Waals surface area contributed by atoms with Crippen molar-refractivity contribution in [2.24, 2.45) is 5.41 Å². The number of nitriles is 1. The summed E-state index contributed by atoms with van der Waals surface area (Å²) in [4.78, 5) is 28.1. The topological polar surface area (TPSA) is 122 Å². The first-order valence-corrected chi connectivity index (χ1v) is 15.3. The van der Waals surface area contributed by atoms with E-state index < -0.39 is 23.3 Å². The number of hydrogen-bond acceptors (Lipinski definition) is 10. The van der Waals surface area contributed by atoms with Crippen LogP contribution in [0.2, 0.25) is 0 Å². The number of fused-ring (bicyclic) bond motifs is 4. The molecule has 10 nitrogen and oxygen atoms in total. The van der Waals surface area contributed by atoms with Gasteiger partial charge in [-0.05, 0) is 64.3 Å². The third kappa shape index (κ3) is 5.10. The summed E-state index contributed by atoms with van der Waals surface area (Å²) in [6.45, 7) is 9.03.